The van der Waals surface area contributed by atoms with Gasteiger partial charge in [-0.25, -0.2) is 0 Å². The minimum atomic E-state index is 0. The summed E-state index contributed by atoms with van der Waals surface area (Å²) in [6.45, 7) is 21.1. The maximum absolute atomic E-state index is 5.24. The molecule has 0 heterocycles. The van der Waals surface area contributed by atoms with Gasteiger partial charge in [0.2, 0.25) is 0 Å². The molecule has 0 aliphatic carbocycles. The predicted molar refractivity (Wildman–Crippen MR) is 187 cm³/mol. The second-order valence-corrected chi connectivity index (χ2v) is 9.86. The van der Waals surface area contributed by atoms with Crippen LogP contribution in [0, 0.1) is 49.0 Å². The van der Waals surface area contributed by atoms with Crippen molar-refractivity contribution in [3.8, 4) is 0 Å². The molecule has 2 nitrogen and oxygen atoms in total. The van der Waals surface area contributed by atoms with Gasteiger partial charge in [-0.2, -0.15) is 0 Å². The van der Waals surface area contributed by atoms with Crippen LogP contribution in [0.2, 0.25) is 0 Å². The zero-order valence-corrected chi connectivity index (χ0v) is 29.1. The van der Waals surface area contributed by atoms with Gasteiger partial charge >= 0.3 is 27.7 Å². The third kappa shape index (κ3) is 15.4. The zero-order chi connectivity index (χ0) is 30.0. The first-order valence-electron chi connectivity index (χ1n) is 12.8. The number of hydrogen-bond acceptors (Lipinski definition) is 2. The Bertz CT molecular complexity index is 1160. The van der Waals surface area contributed by atoms with Gasteiger partial charge in [0.1, 0.15) is 0 Å². The molecule has 0 N–H and O–H groups in total. The van der Waals surface area contributed by atoms with E-state index < -0.39 is 0 Å². The molecule has 0 aliphatic rings. The van der Waals surface area contributed by atoms with E-state index in [1.54, 1.807) is 0 Å². The molecule has 0 radical (unpaired) electrons. The van der Waals surface area contributed by atoms with Crippen LogP contribution in [0.3, 0.4) is 0 Å². The molecule has 230 valence electrons. The Labute approximate surface area is 276 Å². The Morgan fingerprint density at radius 1 is 0.707 bits per heavy atom. The zero-order valence-electron chi connectivity index (χ0n) is 25.3. The van der Waals surface area contributed by atoms with Crippen LogP contribution in [0.15, 0.2) is 77.7 Å². The van der Waals surface area contributed by atoms with Crippen molar-refractivity contribution in [3.63, 3.8) is 0 Å². The monoisotopic (exact) mass is 708 g/mol. The van der Waals surface area contributed by atoms with Crippen LogP contribution in [-0.4, -0.2) is 16.8 Å². The molecule has 41 heavy (non-hydrogen) atoms. The molecule has 6 heteroatoms. The number of halogens is 3. The van der Waals surface area contributed by atoms with Gasteiger partial charge in [-0.15, -0.1) is 36.4 Å². The Hall–Kier alpha value is -1.73. The number of aryl methyl sites for hydroxylation is 7. The molecule has 0 amide bonds. The van der Waals surface area contributed by atoms with Crippen molar-refractivity contribution >= 4 is 55.5 Å². The Morgan fingerprint density at radius 2 is 1.05 bits per heavy atom. The van der Waals surface area contributed by atoms with Crippen LogP contribution in [0.5, 0.6) is 0 Å². The van der Waals surface area contributed by atoms with E-state index >= 15 is 0 Å². The second-order valence-electron chi connectivity index (χ2n) is 9.05. The first-order valence-corrected chi connectivity index (χ1v) is 15.9. The van der Waals surface area contributed by atoms with Crippen molar-refractivity contribution in [2.75, 3.05) is 5.34 Å². The summed E-state index contributed by atoms with van der Waals surface area (Å²) < 4.78 is 0. The summed E-state index contributed by atoms with van der Waals surface area (Å²) in [6.07, 6.45) is 2.67. The first kappa shape index (κ1) is 43.7. The molecule has 0 atom stereocenters. The van der Waals surface area contributed by atoms with E-state index in [-0.39, 0.29) is 20.2 Å². The van der Waals surface area contributed by atoms with E-state index in [0.717, 1.165) is 42.1 Å². The van der Waals surface area contributed by atoms with Crippen molar-refractivity contribution in [3.05, 3.63) is 114 Å². The van der Waals surface area contributed by atoms with Gasteiger partial charge < -0.3 is 7.43 Å². The SMILES string of the molecule is C.C=C.CCC(=Nc1c(C)cc(C)cc1C)C(CCc1ccccc1)=Nc1c(C)cc(C)cc1C.ClCCl.[CH3-].[Cl][Pd+]. The summed E-state index contributed by atoms with van der Waals surface area (Å²) in [7, 11) is 4.49. The summed E-state index contributed by atoms with van der Waals surface area (Å²) >= 11 is 11.8. The summed E-state index contributed by atoms with van der Waals surface area (Å²) in [5.41, 5.74) is 13.1. The van der Waals surface area contributed by atoms with Crippen LogP contribution in [-0.2, 0) is 24.6 Å². The Kier molecular flexibility index (Phi) is 26.5. The molecule has 0 saturated heterocycles. The molecule has 0 unspecified atom stereocenters. The number of nitrogens with zero attached hydrogens (tertiary/aromatic N) is 2. The summed E-state index contributed by atoms with van der Waals surface area (Å²) in [5.74, 6) is 0. The molecule has 0 aromatic heterocycles. The predicted octanol–water partition coefficient (Wildman–Crippen LogP) is 12.4. The maximum atomic E-state index is 5.24. The molecular formula is C35H49Cl3N2Pd. The number of rotatable bonds is 7. The normalized spacial score (nSPS) is 10.3. The number of hydrogen-bond donors (Lipinski definition) is 0. The van der Waals surface area contributed by atoms with E-state index in [1.165, 1.54) is 38.9 Å². The van der Waals surface area contributed by atoms with Gasteiger partial charge in [-0.1, -0.05) is 80.1 Å². The van der Waals surface area contributed by atoms with Crippen LogP contribution >= 0.6 is 32.7 Å². The van der Waals surface area contributed by atoms with E-state index in [1.807, 2.05) is 0 Å². The second kappa shape index (κ2) is 24.8. The quantitative estimate of drug-likeness (QED) is 0.0767. The molecule has 0 bridgehead atoms. The summed E-state index contributed by atoms with van der Waals surface area (Å²) in [5, 5.41) is 0.194. The van der Waals surface area contributed by atoms with Gasteiger partial charge in [-0.05, 0) is 88.6 Å². The van der Waals surface area contributed by atoms with Crippen molar-refractivity contribution in [1.82, 2.24) is 0 Å². The fourth-order valence-corrected chi connectivity index (χ4v) is 4.49. The van der Waals surface area contributed by atoms with Gasteiger partial charge in [0.15, 0.2) is 0 Å². The molecule has 3 aromatic rings. The van der Waals surface area contributed by atoms with E-state index in [2.05, 4.69) is 144 Å². The minimum absolute atomic E-state index is 0. The number of alkyl halides is 2. The molecule has 0 aliphatic heterocycles. The average Bonchev–Trinajstić information content (AvgIpc) is 2.91. The van der Waals surface area contributed by atoms with Crippen molar-refractivity contribution in [2.45, 2.75) is 75.2 Å². The van der Waals surface area contributed by atoms with Crippen LogP contribution in [0.1, 0.15) is 66.1 Å². The Balaban J connectivity index is -0.00000148. The Morgan fingerprint density at radius 3 is 1.39 bits per heavy atom. The van der Waals surface area contributed by atoms with Crippen LogP contribution in [0.25, 0.3) is 0 Å². The van der Waals surface area contributed by atoms with E-state index in [4.69, 9.17) is 33.2 Å². The summed E-state index contributed by atoms with van der Waals surface area (Å²) in [4.78, 5) is 10.4. The summed E-state index contributed by atoms with van der Waals surface area (Å²) in [6, 6.07) is 19.5. The first-order chi connectivity index (χ1) is 18.7. The molecule has 0 spiro atoms. The van der Waals surface area contributed by atoms with E-state index in [0.29, 0.717) is 0 Å². The van der Waals surface area contributed by atoms with Crippen molar-refractivity contribution in [2.24, 2.45) is 9.98 Å². The van der Waals surface area contributed by atoms with Gasteiger partial charge in [0.25, 0.3) is 0 Å². The van der Waals surface area contributed by atoms with Crippen molar-refractivity contribution < 1.29 is 18.2 Å². The molecule has 3 rings (SSSR count). The molecule has 0 saturated carbocycles. The fourth-order valence-electron chi connectivity index (χ4n) is 4.49. The number of benzene rings is 3. The topological polar surface area (TPSA) is 24.7 Å². The number of aliphatic imine (C=N–C) groups is 2. The third-order valence-electron chi connectivity index (χ3n) is 5.93. The van der Waals surface area contributed by atoms with Crippen LogP contribution in [0.4, 0.5) is 11.4 Å². The van der Waals surface area contributed by atoms with E-state index in [9.17, 15) is 0 Å². The fraction of sp³-hybridized carbons (Fsp3) is 0.343. The van der Waals surface area contributed by atoms with Gasteiger partial charge in [-0.3, -0.25) is 9.98 Å². The van der Waals surface area contributed by atoms with Crippen LogP contribution < -0.4 is 0 Å². The average molecular weight is 711 g/mol. The molecular weight excluding hydrogens is 661 g/mol. The van der Waals surface area contributed by atoms with Gasteiger partial charge in [0.05, 0.1) is 28.1 Å². The van der Waals surface area contributed by atoms with Crippen molar-refractivity contribution in [1.29, 1.82) is 0 Å². The standard InChI is InChI=1S/C30H36N2.C2H4.CH2Cl2.CH4.CH3.ClH.Pd/c1-8-27(31-29-22(4)16-20(2)17-23(29)5)28(15-14-26-12-10-9-11-13-26)32-30-24(6)18-21(3)19-25(30)7;1-2;2-1-3;;;;/h9-13,16-19H,8,14-15H2,1-7H3;1-2H2;1H2;1H4;1H3;1H;/q;;;;-1;;+2/p-1. The third-order valence-corrected chi connectivity index (χ3v) is 5.93. The molecule has 0 fully saturated rings. The molecule has 3 aromatic carbocycles. The van der Waals surface area contributed by atoms with Gasteiger partial charge in [0, 0.05) is 0 Å².